The molecule has 18 heavy (non-hydrogen) atoms. The molecular formula is C14H15ClO2S. The summed E-state index contributed by atoms with van der Waals surface area (Å²) in [5.74, 6) is -0.806. The van der Waals surface area contributed by atoms with Crippen LogP contribution < -0.4 is 0 Å². The Morgan fingerprint density at radius 2 is 2.00 bits per heavy atom. The molecule has 0 unspecified atom stereocenters. The van der Waals surface area contributed by atoms with E-state index in [0.717, 1.165) is 15.3 Å². The van der Waals surface area contributed by atoms with Crippen molar-refractivity contribution in [1.29, 1.82) is 0 Å². The minimum atomic E-state index is -0.806. The minimum absolute atomic E-state index is 0.0746. The number of aliphatic carboxylic acids is 1. The van der Waals surface area contributed by atoms with Gasteiger partial charge in [0.15, 0.2) is 0 Å². The van der Waals surface area contributed by atoms with Crippen molar-refractivity contribution in [3.8, 4) is 10.4 Å². The fourth-order valence-corrected chi connectivity index (χ4v) is 2.60. The first kappa shape index (κ1) is 14.7. The number of rotatable bonds is 3. The highest BCUT2D eigenvalue weighted by Crippen LogP contribution is 2.29. The molecule has 2 aromatic rings. The summed E-state index contributed by atoms with van der Waals surface area (Å²) in [4.78, 5) is 12.4. The van der Waals surface area contributed by atoms with E-state index >= 15 is 0 Å². The largest absolute Gasteiger partial charge is 0.481 e. The fraction of sp³-hybridized carbons (Fsp3) is 0.214. The molecule has 0 fully saturated rings. The van der Waals surface area contributed by atoms with Crippen molar-refractivity contribution in [3.05, 3.63) is 46.3 Å². The summed E-state index contributed by atoms with van der Waals surface area (Å²) in [5, 5.41) is 9.36. The second-order valence-electron chi connectivity index (χ2n) is 3.35. The van der Waals surface area contributed by atoms with Crippen LogP contribution in [-0.2, 0) is 11.2 Å². The molecule has 0 aliphatic rings. The van der Waals surface area contributed by atoms with Crippen LogP contribution in [0.3, 0.4) is 0 Å². The van der Waals surface area contributed by atoms with E-state index in [-0.39, 0.29) is 6.42 Å². The van der Waals surface area contributed by atoms with Gasteiger partial charge >= 0.3 is 5.97 Å². The predicted molar refractivity (Wildman–Crippen MR) is 77.5 cm³/mol. The average molecular weight is 283 g/mol. The van der Waals surface area contributed by atoms with Gasteiger partial charge < -0.3 is 5.11 Å². The highest BCUT2D eigenvalue weighted by molar-refractivity contribution is 7.15. The maximum atomic E-state index is 10.6. The molecule has 0 saturated carbocycles. The Labute approximate surface area is 116 Å². The summed E-state index contributed by atoms with van der Waals surface area (Å²) >= 11 is 7.38. The van der Waals surface area contributed by atoms with Crippen molar-refractivity contribution < 1.29 is 9.90 Å². The fourth-order valence-electron chi connectivity index (χ4n) is 1.42. The number of halogens is 1. The van der Waals surface area contributed by atoms with Crippen LogP contribution in [0.25, 0.3) is 10.4 Å². The molecule has 2 rings (SSSR count). The minimum Gasteiger partial charge on any atom is -0.481 e. The van der Waals surface area contributed by atoms with Crippen molar-refractivity contribution >= 4 is 28.9 Å². The van der Waals surface area contributed by atoms with Gasteiger partial charge in [0.25, 0.3) is 0 Å². The van der Waals surface area contributed by atoms with E-state index in [1.165, 1.54) is 11.3 Å². The lowest BCUT2D eigenvalue weighted by Crippen LogP contribution is -1.96. The lowest BCUT2D eigenvalue weighted by Gasteiger charge is -1.97. The van der Waals surface area contributed by atoms with Crippen molar-refractivity contribution in [2.45, 2.75) is 20.3 Å². The Bertz CT molecular complexity index is 520. The number of carboxylic acid groups (broad SMARTS) is 1. The van der Waals surface area contributed by atoms with Crippen molar-refractivity contribution in [1.82, 2.24) is 0 Å². The number of thiophene rings is 1. The third kappa shape index (κ3) is 4.17. The van der Waals surface area contributed by atoms with Gasteiger partial charge in [-0.05, 0) is 29.8 Å². The summed E-state index contributed by atoms with van der Waals surface area (Å²) in [7, 11) is 0. The van der Waals surface area contributed by atoms with E-state index in [0.29, 0.717) is 5.02 Å². The maximum absolute atomic E-state index is 10.6. The molecule has 0 bridgehead atoms. The van der Waals surface area contributed by atoms with Crippen LogP contribution >= 0.6 is 22.9 Å². The van der Waals surface area contributed by atoms with E-state index in [9.17, 15) is 4.79 Å². The van der Waals surface area contributed by atoms with Gasteiger partial charge in [-0.1, -0.05) is 37.6 Å². The van der Waals surface area contributed by atoms with Crippen LogP contribution in [0.2, 0.25) is 5.02 Å². The molecule has 0 radical (unpaired) electrons. The molecule has 2 nitrogen and oxygen atoms in total. The molecule has 1 N–H and O–H groups in total. The summed E-state index contributed by atoms with van der Waals surface area (Å²) in [6.45, 7) is 4.00. The van der Waals surface area contributed by atoms with Crippen LogP contribution in [0.15, 0.2) is 36.4 Å². The molecule has 0 aliphatic heterocycles. The predicted octanol–water partition coefficient (Wildman–Crippen LogP) is 4.72. The molecule has 0 atom stereocenters. The molecule has 0 aliphatic carbocycles. The quantitative estimate of drug-likeness (QED) is 0.884. The average Bonchev–Trinajstić information content (AvgIpc) is 2.79. The Balaban J connectivity index is 0.000000771. The summed E-state index contributed by atoms with van der Waals surface area (Å²) in [6.07, 6.45) is 0.0746. The van der Waals surface area contributed by atoms with Crippen LogP contribution in [-0.4, -0.2) is 11.1 Å². The first-order valence-corrected chi connectivity index (χ1v) is 6.91. The van der Waals surface area contributed by atoms with Crippen molar-refractivity contribution in [2.75, 3.05) is 0 Å². The number of hydrogen-bond donors (Lipinski definition) is 1. The Hall–Kier alpha value is -1.32. The SMILES string of the molecule is CC.O=C(O)Cc1ccc(-c2cccc(Cl)c2)s1. The first-order valence-electron chi connectivity index (χ1n) is 5.71. The number of carbonyl (C=O) groups is 1. The standard InChI is InChI=1S/C12H9ClO2S.C2H6/c13-9-3-1-2-8(6-9)11-5-4-10(16-11)7-12(14)15;1-2/h1-6H,7H2,(H,14,15);1-2H3. The van der Waals surface area contributed by atoms with E-state index in [1.807, 2.05) is 50.2 Å². The number of carboxylic acids is 1. The van der Waals surface area contributed by atoms with Gasteiger partial charge in [0.05, 0.1) is 6.42 Å². The van der Waals surface area contributed by atoms with Gasteiger partial charge in [-0.2, -0.15) is 0 Å². The zero-order chi connectivity index (χ0) is 13.5. The smallest absolute Gasteiger partial charge is 0.308 e. The topological polar surface area (TPSA) is 37.3 Å². The monoisotopic (exact) mass is 282 g/mol. The van der Waals surface area contributed by atoms with E-state index in [4.69, 9.17) is 16.7 Å². The Kier molecular flexibility index (Phi) is 5.89. The van der Waals surface area contributed by atoms with Crippen molar-refractivity contribution in [3.63, 3.8) is 0 Å². The van der Waals surface area contributed by atoms with Crippen LogP contribution in [0.5, 0.6) is 0 Å². The van der Waals surface area contributed by atoms with Crippen LogP contribution in [0, 0.1) is 0 Å². The molecule has 4 heteroatoms. The van der Waals surface area contributed by atoms with Crippen molar-refractivity contribution in [2.24, 2.45) is 0 Å². The molecule has 1 aromatic heterocycles. The van der Waals surface area contributed by atoms with Gasteiger partial charge in [0.1, 0.15) is 0 Å². The number of benzene rings is 1. The van der Waals surface area contributed by atoms with Gasteiger partial charge in [-0.15, -0.1) is 11.3 Å². The first-order chi connectivity index (χ1) is 8.65. The molecular weight excluding hydrogens is 268 g/mol. The lowest BCUT2D eigenvalue weighted by molar-refractivity contribution is -0.136. The molecule has 1 heterocycles. The Morgan fingerprint density at radius 1 is 1.28 bits per heavy atom. The molecule has 0 saturated heterocycles. The second-order valence-corrected chi connectivity index (χ2v) is 4.95. The number of hydrogen-bond acceptors (Lipinski definition) is 2. The van der Waals surface area contributed by atoms with Gasteiger partial charge in [0, 0.05) is 14.8 Å². The molecule has 1 aromatic carbocycles. The van der Waals surface area contributed by atoms with Gasteiger partial charge in [-0.3, -0.25) is 4.79 Å². The summed E-state index contributed by atoms with van der Waals surface area (Å²) in [5.41, 5.74) is 1.02. The van der Waals surface area contributed by atoms with E-state index in [1.54, 1.807) is 0 Å². The third-order valence-electron chi connectivity index (χ3n) is 2.10. The summed E-state index contributed by atoms with van der Waals surface area (Å²) in [6, 6.07) is 11.3. The maximum Gasteiger partial charge on any atom is 0.308 e. The lowest BCUT2D eigenvalue weighted by atomic mass is 10.2. The van der Waals surface area contributed by atoms with E-state index < -0.39 is 5.97 Å². The third-order valence-corrected chi connectivity index (χ3v) is 3.47. The zero-order valence-electron chi connectivity index (χ0n) is 10.3. The van der Waals surface area contributed by atoms with Gasteiger partial charge in [0.2, 0.25) is 0 Å². The molecule has 0 amide bonds. The van der Waals surface area contributed by atoms with Crippen LogP contribution in [0.4, 0.5) is 0 Å². The van der Waals surface area contributed by atoms with Gasteiger partial charge in [-0.25, -0.2) is 0 Å². The molecule has 0 spiro atoms. The summed E-state index contributed by atoms with van der Waals surface area (Å²) < 4.78 is 0. The highest BCUT2D eigenvalue weighted by atomic mass is 35.5. The van der Waals surface area contributed by atoms with Crippen LogP contribution in [0.1, 0.15) is 18.7 Å². The van der Waals surface area contributed by atoms with E-state index in [2.05, 4.69) is 0 Å². The second kappa shape index (κ2) is 7.19. The normalized spacial score (nSPS) is 9.50. The zero-order valence-corrected chi connectivity index (χ0v) is 11.9. The Morgan fingerprint density at radius 3 is 2.61 bits per heavy atom. The molecule has 96 valence electrons. The highest BCUT2D eigenvalue weighted by Gasteiger charge is 2.06.